The van der Waals surface area contributed by atoms with Crippen LogP contribution in [0, 0.1) is 27.7 Å². The van der Waals surface area contributed by atoms with Crippen LogP contribution in [0.3, 0.4) is 0 Å². The summed E-state index contributed by atoms with van der Waals surface area (Å²) in [6.45, 7) is 13.3. The molecule has 0 saturated heterocycles. The monoisotopic (exact) mass is 291 g/mol. The van der Waals surface area contributed by atoms with Crippen molar-refractivity contribution in [2.45, 2.75) is 53.9 Å². The van der Waals surface area contributed by atoms with Crippen LogP contribution in [0.2, 0.25) is 0 Å². The fourth-order valence-corrected chi connectivity index (χ4v) is 3.31. The molecule has 0 amide bonds. The molecule has 0 aromatic heterocycles. The van der Waals surface area contributed by atoms with Crippen LogP contribution >= 0.6 is 0 Å². The van der Waals surface area contributed by atoms with Crippen LogP contribution in [0.1, 0.15) is 58.7 Å². The Balaban J connectivity index is 2.02. The second-order valence-corrected chi connectivity index (χ2v) is 6.84. The number of rotatable bonds is 2. The molecule has 0 radical (unpaired) electrons. The highest BCUT2D eigenvalue weighted by Crippen LogP contribution is 2.38. The van der Waals surface area contributed by atoms with Crippen molar-refractivity contribution in [3.05, 3.63) is 63.2 Å². The molecule has 114 valence electrons. The molecule has 1 aliphatic rings. The van der Waals surface area contributed by atoms with Crippen LogP contribution in [0.25, 0.3) is 0 Å². The molecule has 1 aliphatic heterocycles. The van der Waals surface area contributed by atoms with Gasteiger partial charge in [-0.2, -0.15) is 0 Å². The first-order valence-electron chi connectivity index (χ1n) is 8.17. The largest absolute Gasteiger partial charge is 0.252 e. The SMILES string of the molecule is Cc1c(C)c(C)c2c(c1C)CC(c1ccc(C(C)C)cc1)=N2. The van der Waals surface area contributed by atoms with Crippen molar-refractivity contribution in [2.75, 3.05) is 0 Å². The van der Waals surface area contributed by atoms with Crippen molar-refractivity contribution < 1.29 is 0 Å². The van der Waals surface area contributed by atoms with Crippen LogP contribution in [-0.4, -0.2) is 5.71 Å². The molecule has 0 fully saturated rings. The summed E-state index contributed by atoms with van der Waals surface area (Å²) in [5.74, 6) is 0.576. The number of hydrogen-bond acceptors (Lipinski definition) is 1. The molecular formula is C21H25N. The van der Waals surface area contributed by atoms with Gasteiger partial charge in [-0.25, -0.2) is 0 Å². The first-order valence-corrected chi connectivity index (χ1v) is 8.17. The molecule has 0 spiro atoms. The number of fused-ring (bicyclic) bond motifs is 1. The predicted octanol–water partition coefficient (Wildman–Crippen LogP) is 5.72. The molecule has 3 rings (SSSR count). The van der Waals surface area contributed by atoms with Gasteiger partial charge in [-0.1, -0.05) is 38.1 Å². The lowest BCUT2D eigenvalue weighted by Gasteiger charge is -2.13. The number of nitrogens with zero attached hydrogens (tertiary/aromatic N) is 1. The Morgan fingerprint density at radius 3 is 2.00 bits per heavy atom. The number of benzene rings is 2. The molecule has 1 heterocycles. The van der Waals surface area contributed by atoms with Crippen LogP contribution < -0.4 is 0 Å². The van der Waals surface area contributed by atoms with Gasteiger partial charge < -0.3 is 0 Å². The van der Waals surface area contributed by atoms with E-state index < -0.39 is 0 Å². The summed E-state index contributed by atoms with van der Waals surface area (Å²) in [6, 6.07) is 8.93. The predicted molar refractivity (Wildman–Crippen MR) is 95.8 cm³/mol. The third-order valence-corrected chi connectivity index (χ3v) is 5.28. The zero-order valence-electron chi connectivity index (χ0n) is 14.5. The van der Waals surface area contributed by atoms with Gasteiger partial charge in [-0.05, 0) is 72.6 Å². The summed E-state index contributed by atoms with van der Waals surface area (Å²) < 4.78 is 0. The lowest BCUT2D eigenvalue weighted by atomic mass is 9.91. The molecule has 0 saturated carbocycles. The van der Waals surface area contributed by atoms with E-state index in [1.54, 1.807) is 0 Å². The van der Waals surface area contributed by atoms with Crippen LogP contribution in [-0.2, 0) is 6.42 Å². The molecule has 22 heavy (non-hydrogen) atoms. The Labute approximate surface area is 134 Å². The van der Waals surface area contributed by atoms with Crippen LogP contribution in [0.15, 0.2) is 29.3 Å². The third kappa shape index (κ3) is 2.29. The maximum Gasteiger partial charge on any atom is 0.0703 e. The average Bonchev–Trinajstić information content (AvgIpc) is 2.96. The molecule has 1 nitrogen and oxygen atoms in total. The summed E-state index contributed by atoms with van der Waals surface area (Å²) in [4.78, 5) is 4.98. The van der Waals surface area contributed by atoms with Gasteiger partial charge in [-0.15, -0.1) is 0 Å². The second-order valence-electron chi connectivity index (χ2n) is 6.84. The minimum Gasteiger partial charge on any atom is -0.252 e. The summed E-state index contributed by atoms with van der Waals surface area (Å²) >= 11 is 0. The van der Waals surface area contributed by atoms with Gasteiger partial charge in [0.1, 0.15) is 0 Å². The first kappa shape index (κ1) is 15.0. The summed E-state index contributed by atoms with van der Waals surface area (Å²) in [7, 11) is 0. The topological polar surface area (TPSA) is 12.4 Å². The van der Waals surface area contributed by atoms with Crippen molar-refractivity contribution in [1.82, 2.24) is 0 Å². The van der Waals surface area contributed by atoms with E-state index in [1.807, 2.05) is 0 Å². The first-order chi connectivity index (χ1) is 10.4. The summed E-state index contributed by atoms with van der Waals surface area (Å²) in [5.41, 5.74) is 12.0. The summed E-state index contributed by atoms with van der Waals surface area (Å²) in [5, 5.41) is 0. The van der Waals surface area contributed by atoms with E-state index >= 15 is 0 Å². The van der Waals surface area contributed by atoms with Gasteiger partial charge in [0, 0.05) is 6.42 Å². The Bertz CT molecular complexity index is 762. The Morgan fingerprint density at radius 2 is 1.41 bits per heavy atom. The molecule has 0 N–H and O–H groups in total. The quantitative estimate of drug-likeness (QED) is 0.671. The normalized spacial score (nSPS) is 13.5. The second kappa shape index (κ2) is 5.39. The fraction of sp³-hybridized carbons (Fsp3) is 0.381. The molecule has 0 atom stereocenters. The highest BCUT2D eigenvalue weighted by atomic mass is 14.8. The lowest BCUT2D eigenvalue weighted by Crippen LogP contribution is -2.02. The van der Waals surface area contributed by atoms with E-state index in [0.29, 0.717) is 5.92 Å². The highest BCUT2D eigenvalue weighted by Gasteiger charge is 2.22. The maximum absolute atomic E-state index is 4.98. The van der Waals surface area contributed by atoms with E-state index in [9.17, 15) is 0 Å². The minimum atomic E-state index is 0.576. The fourth-order valence-electron chi connectivity index (χ4n) is 3.31. The zero-order chi connectivity index (χ0) is 16.0. The Kier molecular flexibility index (Phi) is 3.68. The van der Waals surface area contributed by atoms with Gasteiger partial charge in [0.2, 0.25) is 0 Å². The van der Waals surface area contributed by atoms with Crippen LogP contribution in [0.4, 0.5) is 5.69 Å². The van der Waals surface area contributed by atoms with E-state index in [2.05, 4.69) is 65.8 Å². The maximum atomic E-state index is 4.98. The molecule has 0 aliphatic carbocycles. The Morgan fingerprint density at radius 1 is 0.818 bits per heavy atom. The van der Waals surface area contributed by atoms with Gasteiger partial charge in [0.25, 0.3) is 0 Å². The van der Waals surface area contributed by atoms with Crippen molar-refractivity contribution in [3.8, 4) is 0 Å². The van der Waals surface area contributed by atoms with Crippen molar-refractivity contribution >= 4 is 11.4 Å². The van der Waals surface area contributed by atoms with E-state index in [4.69, 9.17) is 4.99 Å². The zero-order valence-corrected chi connectivity index (χ0v) is 14.5. The minimum absolute atomic E-state index is 0.576. The lowest BCUT2D eigenvalue weighted by molar-refractivity contribution is 0.866. The average molecular weight is 291 g/mol. The molecule has 2 aromatic rings. The third-order valence-electron chi connectivity index (χ3n) is 5.28. The summed E-state index contributed by atoms with van der Waals surface area (Å²) in [6.07, 6.45) is 0.962. The molecule has 0 unspecified atom stereocenters. The molecule has 1 heteroatoms. The number of hydrogen-bond donors (Lipinski definition) is 0. The highest BCUT2D eigenvalue weighted by molar-refractivity contribution is 6.07. The Hall–Kier alpha value is -1.89. The van der Waals surface area contributed by atoms with E-state index in [-0.39, 0.29) is 0 Å². The standard InChI is InChI=1S/C21H25N/c1-12(2)17-7-9-18(10-8-17)20-11-19-15(5)13(3)14(4)16(6)21(19)22-20/h7-10,12H,11H2,1-6H3. The smallest absolute Gasteiger partial charge is 0.0703 e. The van der Waals surface area contributed by atoms with Gasteiger partial charge in [0.05, 0.1) is 11.4 Å². The van der Waals surface area contributed by atoms with E-state index in [0.717, 1.165) is 6.42 Å². The van der Waals surface area contributed by atoms with Gasteiger partial charge >= 0.3 is 0 Å². The van der Waals surface area contributed by atoms with Crippen molar-refractivity contribution in [1.29, 1.82) is 0 Å². The molecule has 2 aromatic carbocycles. The van der Waals surface area contributed by atoms with E-state index in [1.165, 1.54) is 50.3 Å². The van der Waals surface area contributed by atoms with Gasteiger partial charge in [0.15, 0.2) is 0 Å². The van der Waals surface area contributed by atoms with Crippen LogP contribution in [0.5, 0.6) is 0 Å². The van der Waals surface area contributed by atoms with Crippen molar-refractivity contribution in [3.63, 3.8) is 0 Å². The molecular weight excluding hydrogens is 266 g/mol. The molecule has 0 bridgehead atoms. The van der Waals surface area contributed by atoms with Crippen molar-refractivity contribution in [2.24, 2.45) is 4.99 Å². The van der Waals surface area contributed by atoms with Gasteiger partial charge in [-0.3, -0.25) is 4.99 Å². The number of aliphatic imine (C=N–C) groups is 1.